The maximum atomic E-state index is 12.9. The van der Waals surface area contributed by atoms with Gasteiger partial charge >= 0.3 is 0 Å². The molecule has 1 fully saturated rings. The van der Waals surface area contributed by atoms with Crippen LogP contribution in [0.15, 0.2) is 18.3 Å². The van der Waals surface area contributed by atoms with E-state index in [4.69, 9.17) is 18.0 Å². The van der Waals surface area contributed by atoms with Crippen LogP contribution in [0.2, 0.25) is 0 Å². The van der Waals surface area contributed by atoms with Crippen molar-refractivity contribution >= 4 is 23.1 Å². The fourth-order valence-corrected chi connectivity index (χ4v) is 2.99. The van der Waals surface area contributed by atoms with Crippen molar-refractivity contribution in [2.75, 3.05) is 0 Å². The van der Waals surface area contributed by atoms with Gasteiger partial charge in [0, 0.05) is 0 Å². The summed E-state index contributed by atoms with van der Waals surface area (Å²) in [5.74, 6) is -0.829. The highest BCUT2D eigenvalue weighted by Gasteiger charge is 2.35. The zero-order valence-electron chi connectivity index (χ0n) is 11.9. The van der Waals surface area contributed by atoms with E-state index in [1.165, 1.54) is 18.6 Å². The summed E-state index contributed by atoms with van der Waals surface area (Å²) in [6, 6.07) is 2.58. The molecule has 2 rings (SSSR count). The summed E-state index contributed by atoms with van der Waals surface area (Å²) in [6.45, 7) is 0. The van der Waals surface area contributed by atoms with Gasteiger partial charge in [-0.05, 0) is 25.0 Å². The maximum Gasteiger partial charge on any atom is 0.270 e. The van der Waals surface area contributed by atoms with Crippen molar-refractivity contribution in [3.8, 4) is 0 Å². The zero-order chi connectivity index (χ0) is 15.3. The van der Waals surface area contributed by atoms with Crippen molar-refractivity contribution in [2.45, 2.75) is 50.5 Å². The van der Waals surface area contributed by atoms with Gasteiger partial charge in [0.05, 0.1) is 16.7 Å². The number of nitrogens with zero attached hydrogens (tertiary/aromatic N) is 1. The van der Waals surface area contributed by atoms with E-state index in [1.807, 2.05) is 0 Å². The third kappa shape index (κ3) is 3.97. The molecule has 0 radical (unpaired) electrons. The Balaban J connectivity index is 2.16. The number of thiocarbonyl (C=S) groups is 1. The predicted molar refractivity (Wildman–Crippen MR) is 83.5 cm³/mol. The van der Waals surface area contributed by atoms with Crippen LogP contribution in [0.25, 0.3) is 0 Å². The molecule has 0 saturated heterocycles. The molecule has 0 aromatic carbocycles. The van der Waals surface area contributed by atoms with Gasteiger partial charge in [-0.15, -0.1) is 0 Å². The third-order valence-electron chi connectivity index (χ3n) is 3.99. The lowest BCUT2D eigenvalue weighted by molar-refractivity contribution is 0.0907. The van der Waals surface area contributed by atoms with Crippen molar-refractivity contribution in [1.82, 2.24) is 10.3 Å². The van der Waals surface area contributed by atoms with Crippen LogP contribution < -0.4 is 11.1 Å². The Kier molecular flexibility index (Phi) is 5.22. The highest BCUT2D eigenvalue weighted by atomic mass is 32.1. The molecule has 0 unspecified atom stereocenters. The van der Waals surface area contributed by atoms with E-state index in [2.05, 4.69) is 10.3 Å². The Bertz CT molecular complexity index is 510. The minimum absolute atomic E-state index is 0.175. The van der Waals surface area contributed by atoms with Crippen molar-refractivity contribution in [3.63, 3.8) is 0 Å². The Hall–Kier alpha value is -1.56. The largest absolute Gasteiger partial charge is 0.391 e. The first kappa shape index (κ1) is 15.8. The number of pyridine rings is 1. The van der Waals surface area contributed by atoms with Gasteiger partial charge in [0.2, 0.25) is 0 Å². The number of rotatable bonds is 3. The van der Waals surface area contributed by atoms with Gasteiger partial charge in [0.15, 0.2) is 0 Å². The summed E-state index contributed by atoms with van der Waals surface area (Å²) < 4.78 is 12.9. The molecule has 21 heavy (non-hydrogen) atoms. The fourth-order valence-electron chi connectivity index (χ4n) is 2.73. The van der Waals surface area contributed by atoms with E-state index in [1.54, 1.807) is 0 Å². The quantitative estimate of drug-likeness (QED) is 0.842. The lowest BCUT2D eigenvalue weighted by Crippen LogP contribution is -2.57. The van der Waals surface area contributed by atoms with Crippen LogP contribution in [-0.2, 0) is 0 Å². The predicted octanol–water partition coefficient (Wildman–Crippen LogP) is 2.72. The smallest absolute Gasteiger partial charge is 0.270 e. The molecule has 4 nitrogen and oxygen atoms in total. The van der Waals surface area contributed by atoms with E-state index >= 15 is 0 Å². The number of halogens is 1. The molecule has 1 aliphatic rings. The summed E-state index contributed by atoms with van der Waals surface area (Å²) in [6.07, 6.45) is 7.93. The monoisotopic (exact) mass is 309 g/mol. The lowest BCUT2D eigenvalue weighted by Gasteiger charge is -2.35. The molecule has 114 valence electrons. The molecule has 6 heteroatoms. The van der Waals surface area contributed by atoms with Crippen molar-refractivity contribution in [3.05, 3.63) is 29.8 Å². The third-order valence-corrected chi connectivity index (χ3v) is 4.38. The molecular weight excluding hydrogens is 289 g/mol. The second kappa shape index (κ2) is 6.93. The number of aromatic nitrogens is 1. The standard InChI is InChI=1S/C15H20FN3OS/c16-11-6-7-12(18-10-11)13(20)19-15(14(17)21)8-4-2-1-3-5-9-15/h6-7,10H,1-5,8-9H2,(H2,17,21)(H,19,20). The fraction of sp³-hybridized carbons (Fsp3) is 0.533. The van der Waals surface area contributed by atoms with Crippen LogP contribution in [0.3, 0.4) is 0 Å². The van der Waals surface area contributed by atoms with Crippen LogP contribution in [0, 0.1) is 5.82 Å². The Morgan fingerprint density at radius 1 is 1.24 bits per heavy atom. The Morgan fingerprint density at radius 3 is 2.38 bits per heavy atom. The number of amides is 1. The second-order valence-corrected chi connectivity index (χ2v) is 5.97. The number of nitrogens with one attached hydrogen (secondary N) is 1. The van der Waals surface area contributed by atoms with E-state index in [-0.39, 0.29) is 11.6 Å². The summed E-state index contributed by atoms with van der Waals surface area (Å²) >= 11 is 5.20. The summed E-state index contributed by atoms with van der Waals surface area (Å²) in [5.41, 5.74) is 5.43. The summed E-state index contributed by atoms with van der Waals surface area (Å²) in [5, 5.41) is 2.95. The first-order valence-electron chi connectivity index (χ1n) is 7.27. The summed E-state index contributed by atoms with van der Waals surface area (Å²) in [7, 11) is 0. The van der Waals surface area contributed by atoms with Crippen molar-refractivity contribution < 1.29 is 9.18 Å². The normalized spacial score (nSPS) is 18.3. The SMILES string of the molecule is NC(=S)C1(NC(=O)c2ccc(F)cn2)CCCCCCC1. The molecule has 0 bridgehead atoms. The minimum Gasteiger partial charge on any atom is -0.391 e. The average Bonchev–Trinajstić information content (AvgIpc) is 2.42. The molecule has 1 aliphatic carbocycles. The lowest BCUT2D eigenvalue weighted by atomic mass is 9.83. The highest BCUT2D eigenvalue weighted by Crippen LogP contribution is 2.27. The average molecular weight is 309 g/mol. The van der Waals surface area contributed by atoms with Crippen LogP contribution in [0.5, 0.6) is 0 Å². The number of hydrogen-bond donors (Lipinski definition) is 2. The van der Waals surface area contributed by atoms with Crippen LogP contribution in [-0.4, -0.2) is 21.4 Å². The van der Waals surface area contributed by atoms with Crippen molar-refractivity contribution in [1.29, 1.82) is 0 Å². The molecule has 3 N–H and O–H groups in total. The Morgan fingerprint density at radius 2 is 1.86 bits per heavy atom. The minimum atomic E-state index is -0.650. The van der Waals surface area contributed by atoms with Crippen LogP contribution in [0.4, 0.5) is 4.39 Å². The molecule has 0 atom stereocenters. The molecular formula is C15H20FN3OS. The highest BCUT2D eigenvalue weighted by molar-refractivity contribution is 7.80. The molecule has 0 spiro atoms. The Labute approximate surface area is 129 Å². The molecule has 1 amide bonds. The van der Waals surface area contributed by atoms with Gasteiger partial charge < -0.3 is 11.1 Å². The van der Waals surface area contributed by atoms with Gasteiger partial charge in [-0.2, -0.15) is 0 Å². The number of carbonyl (C=O) groups is 1. The van der Waals surface area contributed by atoms with Gasteiger partial charge in [-0.3, -0.25) is 4.79 Å². The van der Waals surface area contributed by atoms with Gasteiger partial charge in [-0.25, -0.2) is 9.37 Å². The zero-order valence-corrected chi connectivity index (χ0v) is 12.7. The van der Waals surface area contributed by atoms with Gasteiger partial charge in [-0.1, -0.05) is 44.3 Å². The summed E-state index contributed by atoms with van der Waals surface area (Å²) in [4.78, 5) is 16.4. The van der Waals surface area contributed by atoms with E-state index in [0.29, 0.717) is 4.99 Å². The van der Waals surface area contributed by atoms with E-state index < -0.39 is 11.4 Å². The number of carbonyl (C=O) groups excluding carboxylic acids is 1. The number of nitrogens with two attached hydrogens (primary N) is 1. The first-order chi connectivity index (χ1) is 10.0. The molecule has 1 aromatic rings. The first-order valence-corrected chi connectivity index (χ1v) is 7.68. The maximum absolute atomic E-state index is 12.9. The van der Waals surface area contributed by atoms with E-state index in [9.17, 15) is 9.18 Å². The number of hydrogen-bond acceptors (Lipinski definition) is 3. The molecule has 0 aliphatic heterocycles. The van der Waals surface area contributed by atoms with Crippen molar-refractivity contribution in [2.24, 2.45) is 5.73 Å². The second-order valence-electron chi connectivity index (χ2n) is 5.53. The van der Waals surface area contributed by atoms with Gasteiger partial charge in [0.25, 0.3) is 5.91 Å². The molecule has 1 aromatic heterocycles. The van der Waals surface area contributed by atoms with E-state index in [0.717, 1.165) is 44.7 Å². The van der Waals surface area contributed by atoms with Gasteiger partial charge in [0.1, 0.15) is 11.5 Å². The topological polar surface area (TPSA) is 68.0 Å². The van der Waals surface area contributed by atoms with Crippen LogP contribution >= 0.6 is 12.2 Å². The van der Waals surface area contributed by atoms with Crippen LogP contribution in [0.1, 0.15) is 55.4 Å². The molecule has 1 heterocycles. The molecule has 1 saturated carbocycles.